The Balaban J connectivity index is 0.00000400. The Labute approximate surface area is 224 Å². The quantitative estimate of drug-likeness (QED) is 0.139. The van der Waals surface area contributed by atoms with Crippen molar-refractivity contribution in [3.05, 3.63) is 89.2 Å². The highest BCUT2D eigenvalue weighted by atomic mass is 35.5. The van der Waals surface area contributed by atoms with Crippen LogP contribution in [-0.4, -0.2) is 45.3 Å². The SMILES string of the molecule is Cc1[nH]c2ccc(OC(=O)N(CC(=O)O)c3ccccn3)cc2c1C(=O)CCc1ccc(C(=N)N)cc1.Cl. The molecule has 5 N–H and O–H groups in total. The highest BCUT2D eigenvalue weighted by Crippen LogP contribution is 2.28. The average molecular weight is 536 g/mol. The first-order valence-electron chi connectivity index (χ1n) is 11.4. The predicted octanol–water partition coefficient (Wildman–Crippen LogP) is 4.48. The number of benzene rings is 2. The summed E-state index contributed by atoms with van der Waals surface area (Å²) in [5, 5.41) is 17.3. The molecule has 10 nitrogen and oxygen atoms in total. The van der Waals surface area contributed by atoms with Gasteiger partial charge < -0.3 is 20.6 Å². The summed E-state index contributed by atoms with van der Waals surface area (Å²) in [4.78, 5) is 45.5. The number of amidine groups is 1. The van der Waals surface area contributed by atoms with E-state index in [9.17, 15) is 19.5 Å². The number of carbonyl (C=O) groups is 3. The first-order chi connectivity index (χ1) is 17.7. The number of ketones is 1. The molecule has 11 heteroatoms. The third-order valence-corrected chi connectivity index (χ3v) is 5.79. The molecule has 0 saturated carbocycles. The van der Waals surface area contributed by atoms with Crippen LogP contribution in [0, 0.1) is 12.3 Å². The number of ether oxygens (including phenoxy) is 1. The number of anilines is 1. The lowest BCUT2D eigenvalue weighted by atomic mass is 9.99. The first kappa shape index (κ1) is 27.9. The van der Waals surface area contributed by atoms with Gasteiger partial charge in [-0.1, -0.05) is 30.3 Å². The summed E-state index contributed by atoms with van der Waals surface area (Å²) in [6, 6.07) is 16.8. The molecule has 38 heavy (non-hydrogen) atoms. The number of amides is 1. The number of nitrogens with one attached hydrogen (secondary N) is 2. The molecule has 4 aromatic rings. The normalized spacial score (nSPS) is 10.4. The number of nitrogens with zero attached hydrogens (tertiary/aromatic N) is 2. The second-order valence-electron chi connectivity index (χ2n) is 8.40. The summed E-state index contributed by atoms with van der Waals surface area (Å²) in [5.74, 6) is -1.01. The fraction of sp³-hybridized carbons (Fsp3) is 0.148. The first-order valence-corrected chi connectivity index (χ1v) is 11.4. The third kappa shape index (κ3) is 6.34. The second-order valence-corrected chi connectivity index (χ2v) is 8.40. The maximum Gasteiger partial charge on any atom is 0.421 e. The van der Waals surface area contributed by atoms with Crippen molar-refractivity contribution in [3.8, 4) is 5.75 Å². The number of H-pyrrole nitrogens is 1. The number of carbonyl (C=O) groups excluding carboxylic acids is 2. The minimum Gasteiger partial charge on any atom is -0.480 e. The number of rotatable bonds is 9. The zero-order chi connectivity index (χ0) is 26.5. The van der Waals surface area contributed by atoms with Gasteiger partial charge in [-0.05, 0) is 49.2 Å². The van der Waals surface area contributed by atoms with Gasteiger partial charge in [0.25, 0.3) is 0 Å². The number of aromatic amines is 1. The molecule has 2 aromatic carbocycles. The van der Waals surface area contributed by atoms with Crippen LogP contribution in [0.5, 0.6) is 5.75 Å². The van der Waals surface area contributed by atoms with Gasteiger partial charge in [0.2, 0.25) is 0 Å². The number of aliphatic carboxylic acids is 1. The molecular weight excluding hydrogens is 510 g/mol. The molecule has 0 aliphatic heterocycles. The van der Waals surface area contributed by atoms with Gasteiger partial charge in [-0.15, -0.1) is 12.4 Å². The molecule has 0 aliphatic rings. The van der Waals surface area contributed by atoms with Crippen LogP contribution >= 0.6 is 12.4 Å². The lowest BCUT2D eigenvalue weighted by molar-refractivity contribution is -0.135. The number of hydrogen-bond donors (Lipinski definition) is 4. The molecule has 4 rings (SSSR count). The van der Waals surface area contributed by atoms with Crippen molar-refractivity contribution < 1.29 is 24.2 Å². The molecule has 2 aromatic heterocycles. The smallest absolute Gasteiger partial charge is 0.421 e. The molecule has 0 saturated heterocycles. The van der Waals surface area contributed by atoms with Crippen LogP contribution in [0.25, 0.3) is 10.9 Å². The van der Waals surface area contributed by atoms with Gasteiger partial charge >= 0.3 is 12.1 Å². The minimum absolute atomic E-state index is 0. The van der Waals surface area contributed by atoms with Gasteiger partial charge in [-0.3, -0.25) is 15.0 Å². The van der Waals surface area contributed by atoms with E-state index in [0.717, 1.165) is 10.5 Å². The molecule has 2 heterocycles. The van der Waals surface area contributed by atoms with Gasteiger partial charge in [0.05, 0.1) is 0 Å². The van der Waals surface area contributed by atoms with Gasteiger partial charge in [0, 0.05) is 40.3 Å². The van der Waals surface area contributed by atoms with E-state index in [1.165, 1.54) is 12.3 Å². The summed E-state index contributed by atoms with van der Waals surface area (Å²) in [6.45, 7) is 1.18. The van der Waals surface area contributed by atoms with Crippen LogP contribution in [0.4, 0.5) is 10.6 Å². The summed E-state index contributed by atoms with van der Waals surface area (Å²) < 4.78 is 5.47. The predicted molar refractivity (Wildman–Crippen MR) is 146 cm³/mol. The number of aromatic nitrogens is 2. The molecule has 1 amide bonds. The van der Waals surface area contributed by atoms with E-state index in [1.807, 2.05) is 12.1 Å². The Morgan fingerprint density at radius 2 is 1.84 bits per heavy atom. The topological polar surface area (TPSA) is 162 Å². The van der Waals surface area contributed by atoms with Crippen molar-refractivity contribution in [1.82, 2.24) is 9.97 Å². The molecule has 0 unspecified atom stereocenters. The van der Waals surface area contributed by atoms with Crippen molar-refractivity contribution in [1.29, 1.82) is 5.41 Å². The van der Waals surface area contributed by atoms with Crippen LogP contribution in [0.3, 0.4) is 0 Å². The van der Waals surface area contributed by atoms with E-state index in [1.54, 1.807) is 49.4 Å². The van der Waals surface area contributed by atoms with Gasteiger partial charge in [0.15, 0.2) is 5.78 Å². The van der Waals surface area contributed by atoms with Crippen LogP contribution < -0.4 is 15.4 Å². The largest absolute Gasteiger partial charge is 0.480 e. The summed E-state index contributed by atoms with van der Waals surface area (Å²) in [6.07, 6.45) is 1.30. The van der Waals surface area contributed by atoms with Gasteiger partial charge in [-0.2, -0.15) is 0 Å². The zero-order valence-corrected chi connectivity index (χ0v) is 21.2. The van der Waals surface area contributed by atoms with E-state index in [4.69, 9.17) is 15.9 Å². The third-order valence-electron chi connectivity index (χ3n) is 5.79. The average Bonchev–Trinajstić information content (AvgIpc) is 3.21. The monoisotopic (exact) mass is 535 g/mol. The lowest BCUT2D eigenvalue weighted by Gasteiger charge is -2.19. The van der Waals surface area contributed by atoms with Gasteiger partial charge in [-0.25, -0.2) is 14.7 Å². The number of Topliss-reactive ketones (excluding diaryl/α,β-unsaturated/α-hetero) is 1. The van der Waals surface area contributed by atoms with E-state index < -0.39 is 18.6 Å². The number of aryl methyl sites for hydroxylation is 2. The zero-order valence-electron chi connectivity index (χ0n) is 20.4. The van der Waals surface area contributed by atoms with E-state index in [2.05, 4.69) is 9.97 Å². The standard InChI is InChI=1S/C27H25N5O5.ClH/c1-16-25(22(33)12-7-17-5-8-18(9-6-17)26(28)29)20-14-19(10-11-21(20)31-16)37-27(36)32(15-24(34)35)23-4-2-3-13-30-23;/h2-6,8-11,13-14,31H,7,12,15H2,1H3,(H3,28,29)(H,34,35);1H. The highest BCUT2D eigenvalue weighted by Gasteiger charge is 2.23. The number of halogens is 1. The Bertz CT molecular complexity index is 1490. The summed E-state index contributed by atoms with van der Waals surface area (Å²) in [5.41, 5.74) is 8.95. The van der Waals surface area contributed by atoms with E-state index in [-0.39, 0.29) is 42.0 Å². The number of hydrogen-bond acceptors (Lipinski definition) is 6. The maximum absolute atomic E-state index is 13.2. The Morgan fingerprint density at radius 1 is 1.11 bits per heavy atom. The van der Waals surface area contributed by atoms with Crippen LogP contribution in [0.2, 0.25) is 0 Å². The summed E-state index contributed by atoms with van der Waals surface area (Å²) in [7, 11) is 0. The van der Waals surface area contributed by atoms with Crippen LogP contribution in [0.15, 0.2) is 66.9 Å². The number of carboxylic acids is 1. The lowest BCUT2D eigenvalue weighted by Crippen LogP contribution is -2.38. The second kappa shape index (κ2) is 12.0. The number of nitrogens with two attached hydrogens (primary N) is 1. The summed E-state index contributed by atoms with van der Waals surface area (Å²) >= 11 is 0. The van der Waals surface area contributed by atoms with Crippen LogP contribution in [0.1, 0.15) is 33.6 Å². The Morgan fingerprint density at radius 3 is 2.47 bits per heavy atom. The molecule has 196 valence electrons. The van der Waals surface area contributed by atoms with Crippen LogP contribution in [-0.2, 0) is 11.2 Å². The number of carboxylic acid groups (broad SMARTS) is 1. The van der Waals surface area contributed by atoms with Crippen molar-refractivity contribution in [2.75, 3.05) is 11.4 Å². The fourth-order valence-corrected chi connectivity index (χ4v) is 4.01. The Hall–Kier alpha value is -4.70. The Kier molecular flexibility index (Phi) is 8.82. The molecule has 0 aliphatic carbocycles. The number of fused-ring (bicyclic) bond motifs is 1. The molecule has 0 spiro atoms. The molecule has 0 fully saturated rings. The molecular formula is C27H26ClN5O5. The van der Waals surface area contributed by atoms with Crippen molar-refractivity contribution in [3.63, 3.8) is 0 Å². The van der Waals surface area contributed by atoms with Gasteiger partial charge in [0.1, 0.15) is 23.9 Å². The number of pyridine rings is 1. The van der Waals surface area contributed by atoms with Crippen molar-refractivity contribution in [2.45, 2.75) is 19.8 Å². The van der Waals surface area contributed by atoms with E-state index in [0.29, 0.717) is 34.1 Å². The molecule has 0 atom stereocenters. The molecule has 0 bridgehead atoms. The maximum atomic E-state index is 13.2. The van der Waals surface area contributed by atoms with Crippen molar-refractivity contribution >= 4 is 52.8 Å². The molecule has 0 radical (unpaired) electrons. The van der Waals surface area contributed by atoms with E-state index >= 15 is 0 Å². The minimum atomic E-state index is -1.22. The van der Waals surface area contributed by atoms with Crippen molar-refractivity contribution in [2.24, 2.45) is 5.73 Å². The fourth-order valence-electron chi connectivity index (χ4n) is 4.01. The number of nitrogen functional groups attached to an aromatic ring is 1. The highest BCUT2D eigenvalue weighted by molar-refractivity contribution is 6.09.